The van der Waals surface area contributed by atoms with Crippen LogP contribution in [0.25, 0.3) is 0 Å². The standard InChI is InChI=1S/C11H14N2O6/c1-2-3-4-7(11(15)16)12-10(14)8-5-6-9(19-8)13(17)18/h5-7H,2-4H2,1H3,(H,12,14)(H,15,16)/t7-/m0/s1. The molecule has 104 valence electrons. The van der Waals surface area contributed by atoms with E-state index in [9.17, 15) is 19.7 Å². The smallest absolute Gasteiger partial charge is 0.433 e. The molecule has 8 nitrogen and oxygen atoms in total. The van der Waals surface area contributed by atoms with Gasteiger partial charge in [0.05, 0.1) is 6.07 Å². The lowest BCUT2D eigenvalue weighted by Gasteiger charge is -2.12. The topological polar surface area (TPSA) is 123 Å². The lowest BCUT2D eigenvalue weighted by molar-refractivity contribution is -0.402. The van der Waals surface area contributed by atoms with E-state index in [0.29, 0.717) is 12.8 Å². The monoisotopic (exact) mass is 270 g/mol. The molecule has 0 saturated carbocycles. The van der Waals surface area contributed by atoms with Crippen LogP contribution in [0.4, 0.5) is 5.88 Å². The molecule has 0 bridgehead atoms. The van der Waals surface area contributed by atoms with Crippen LogP contribution < -0.4 is 5.32 Å². The second-order valence-corrected chi connectivity index (χ2v) is 3.90. The summed E-state index contributed by atoms with van der Waals surface area (Å²) in [5, 5.41) is 21.6. The highest BCUT2D eigenvalue weighted by Crippen LogP contribution is 2.15. The summed E-state index contributed by atoms with van der Waals surface area (Å²) in [4.78, 5) is 32.2. The van der Waals surface area contributed by atoms with Crippen molar-refractivity contribution in [3.05, 3.63) is 28.0 Å². The van der Waals surface area contributed by atoms with Gasteiger partial charge in [-0.3, -0.25) is 14.9 Å². The van der Waals surface area contributed by atoms with Crippen LogP contribution in [-0.2, 0) is 4.79 Å². The van der Waals surface area contributed by atoms with Crippen molar-refractivity contribution in [1.82, 2.24) is 5.32 Å². The van der Waals surface area contributed by atoms with E-state index >= 15 is 0 Å². The van der Waals surface area contributed by atoms with Gasteiger partial charge in [-0.1, -0.05) is 19.8 Å². The molecule has 1 aromatic heterocycles. The van der Waals surface area contributed by atoms with Gasteiger partial charge in [0.25, 0.3) is 5.91 Å². The Morgan fingerprint density at radius 3 is 2.68 bits per heavy atom. The zero-order valence-electron chi connectivity index (χ0n) is 10.3. The summed E-state index contributed by atoms with van der Waals surface area (Å²) in [5.41, 5.74) is 0. The summed E-state index contributed by atoms with van der Waals surface area (Å²) >= 11 is 0. The number of unbranched alkanes of at least 4 members (excludes halogenated alkanes) is 1. The third kappa shape index (κ3) is 4.09. The highest BCUT2D eigenvalue weighted by atomic mass is 16.6. The third-order valence-corrected chi connectivity index (χ3v) is 2.45. The SMILES string of the molecule is CCCC[C@H](NC(=O)c1ccc([N+](=O)[O-])o1)C(=O)O. The maximum absolute atomic E-state index is 11.7. The molecule has 1 amide bonds. The molecule has 1 atom stereocenters. The van der Waals surface area contributed by atoms with E-state index in [1.165, 1.54) is 0 Å². The molecule has 8 heteroatoms. The van der Waals surface area contributed by atoms with Crippen molar-refractivity contribution < 1.29 is 24.0 Å². The zero-order valence-corrected chi connectivity index (χ0v) is 10.3. The Morgan fingerprint density at radius 2 is 2.21 bits per heavy atom. The van der Waals surface area contributed by atoms with Gasteiger partial charge in [0.2, 0.25) is 0 Å². The number of nitro groups is 1. The van der Waals surface area contributed by atoms with Gasteiger partial charge in [-0.25, -0.2) is 4.79 Å². The Labute approximate surface area is 108 Å². The van der Waals surface area contributed by atoms with Crippen LogP contribution in [0.1, 0.15) is 36.7 Å². The van der Waals surface area contributed by atoms with E-state index in [-0.39, 0.29) is 5.76 Å². The van der Waals surface area contributed by atoms with Crippen LogP contribution in [0.15, 0.2) is 16.5 Å². The number of aliphatic carboxylic acids is 1. The zero-order chi connectivity index (χ0) is 14.4. The molecule has 0 aliphatic heterocycles. The minimum Gasteiger partial charge on any atom is -0.480 e. The summed E-state index contributed by atoms with van der Waals surface area (Å²) < 4.78 is 4.69. The number of nitrogens with zero attached hydrogens (tertiary/aromatic N) is 1. The van der Waals surface area contributed by atoms with Crippen LogP contribution in [0.5, 0.6) is 0 Å². The van der Waals surface area contributed by atoms with Crippen molar-refractivity contribution in [3.8, 4) is 0 Å². The molecule has 1 heterocycles. The number of carbonyl (C=O) groups excluding carboxylic acids is 1. The molecule has 0 spiro atoms. The van der Waals surface area contributed by atoms with E-state index < -0.39 is 28.7 Å². The second kappa shape index (κ2) is 6.53. The fourth-order valence-corrected chi connectivity index (χ4v) is 1.44. The first-order chi connectivity index (χ1) is 8.95. The molecule has 0 saturated heterocycles. The Bertz CT molecular complexity index is 481. The first kappa shape index (κ1) is 14.7. The third-order valence-electron chi connectivity index (χ3n) is 2.45. The largest absolute Gasteiger partial charge is 0.480 e. The maximum Gasteiger partial charge on any atom is 0.433 e. The van der Waals surface area contributed by atoms with E-state index in [0.717, 1.165) is 18.6 Å². The Hall–Kier alpha value is -2.38. The van der Waals surface area contributed by atoms with Gasteiger partial charge in [-0.2, -0.15) is 0 Å². The molecule has 19 heavy (non-hydrogen) atoms. The van der Waals surface area contributed by atoms with Crippen molar-refractivity contribution in [3.63, 3.8) is 0 Å². The van der Waals surface area contributed by atoms with Gasteiger partial charge < -0.3 is 14.8 Å². The average molecular weight is 270 g/mol. The Morgan fingerprint density at radius 1 is 1.53 bits per heavy atom. The number of carbonyl (C=O) groups is 2. The lowest BCUT2D eigenvalue weighted by Crippen LogP contribution is -2.40. The summed E-state index contributed by atoms with van der Waals surface area (Å²) in [6.45, 7) is 1.90. The number of furan rings is 1. The van der Waals surface area contributed by atoms with Gasteiger partial charge in [0.1, 0.15) is 11.0 Å². The number of amides is 1. The maximum atomic E-state index is 11.7. The predicted octanol–water partition coefficient (Wildman–Crippen LogP) is 1.56. The minimum atomic E-state index is -1.15. The van der Waals surface area contributed by atoms with Crippen LogP contribution in [0.2, 0.25) is 0 Å². The molecule has 0 unspecified atom stereocenters. The summed E-state index contributed by atoms with van der Waals surface area (Å²) in [6.07, 6.45) is 1.74. The normalized spacial score (nSPS) is 11.8. The molecule has 1 rings (SSSR count). The van der Waals surface area contributed by atoms with Gasteiger partial charge in [0, 0.05) is 0 Å². The summed E-state index contributed by atoms with van der Waals surface area (Å²) in [6, 6.07) is 1.14. The molecule has 0 aromatic carbocycles. The van der Waals surface area contributed by atoms with Crippen LogP contribution in [0, 0.1) is 10.1 Å². The molecule has 0 aliphatic carbocycles. The highest BCUT2D eigenvalue weighted by Gasteiger charge is 2.23. The number of carboxylic acids is 1. The highest BCUT2D eigenvalue weighted by molar-refractivity contribution is 5.94. The summed E-state index contributed by atoms with van der Waals surface area (Å²) in [5.74, 6) is -2.78. The van der Waals surface area contributed by atoms with Crippen molar-refractivity contribution in [2.24, 2.45) is 0 Å². The van der Waals surface area contributed by atoms with E-state index in [4.69, 9.17) is 5.11 Å². The molecule has 0 fully saturated rings. The number of nitrogens with one attached hydrogen (secondary N) is 1. The molecule has 0 aliphatic rings. The van der Waals surface area contributed by atoms with Gasteiger partial charge in [0.15, 0.2) is 5.76 Å². The number of hydrogen-bond acceptors (Lipinski definition) is 5. The second-order valence-electron chi connectivity index (χ2n) is 3.90. The van der Waals surface area contributed by atoms with Crippen molar-refractivity contribution in [2.45, 2.75) is 32.2 Å². The van der Waals surface area contributed by atoms with Gasteiger partial charge >= 0.3 is 11.9 Å². The van der Waals surface area contributed by atoms with Crippen molar-refractivity contribution in [1.29, 1.82) is 0 Å². The van der Waals surface area contributed by atoms with E-state index in [2.05, 4.69) is 9.73 Å². The molecule has 1 aromatic rings. The minimum absolute atomic E-state index is 0.283. The first-order valence-electron chi connectivity index (χ1n) is 5.73. The summed E-state index contributed by atoms with van der Waals surface area (Å²) in [7, 11) is 0. The fraction of sp³-hybridized carbons (Fsp3) is 0.455. The lowest BCUT2D eigenvalue weighted by atomic mass is 10.1. The van der Waals surface area contributed by atoms with E-state index in [1.54, 1.807) is 0 Å². The van der Waals surface area contributed by atoms with Crippen LogP contribution in [-0.4, -0.2) is 27.9 Å². The Kier molecular flexibility index (Phi) is 5.04. The first-order valence-corrected chi connectivity index (χ1v) is 5.73. The number of carboxylic acid groups (broad SMARTS) is 1. The predicted molar refractivity (Wildman–Crippen MR) is 63.8 cm³/mol. The van der Waals surface area contributed by atoms with Gasteiger partial charge in [-0.15, -0.1) is 0 Å². The molecular weight excluding hydrogens is 256 g/mol. The molecular formula is C11H14N2O6. The van der Waals surface area contributed by atoms with Gasteiger partial charge in [-0.05, 0) is 12.5 Å². The number of rotatable bonds is 7. The van der Waals surface area contributed by atoms with Crippen LogP contribution >= 0.6 is 0 Å². The van der Waals surface area contributed by atoms with Crippen LogP contribution in [0.3, 0.4) is 0 Å². The molecule has 2 N–H and O–H groups in total. The fourth-order valence-electron chi connectivity index (χ4n) is 1.44. The number of hydrogen-bond donors (Lipinski definition) is 2. The Balaban J connectivity index is 2.70. The van der Waals surface area contributed by atoms with E-state index in [1.807, 2.05) is 6.92 Å². The van der Waals surface area contributed by atoms with Crippen molar-refractivity contribution in [2.75, 3.05) is 0 Å². The average Bonchev–Trinajstić information content (AvgIpc) is 2.83. The molecule has 0 radical (unpaired) electrons. The van der Waals surface area contributed by atoms with Crippen molar-refractivity contribution >= 4 is 17.8 Å². The quantitative estimate of drug-likeness (QED) is 0.572.